The standard InChI is InChI=1S/C18H29N5O3/c1-4-15(24)23-10-6-14(12-23)22-18(19-3)21-9-5-8-20-17(25)16-13(2)7-11-26-16/h7,11,14H,4-6,8-10,12H2,1-3H3,(H,20,25)(H2,19,21,22). The number of furan rings is 1. The van der Waals surface area contributed by atoms with Crippen LogP contribution in [0.1, 0.15) is 42.3 Å². The molecule has 144 valence electrons. The number of likely N-dealkylation sites (tertiary alicyclic amines) is 1. The quantitative estimate of drug-likeness (QED) is 0.379. The molecule has 1 aliphatic heterocycles. The van der Waals surface area contributed by atoms with E-state index in [4.69, 9.17) is 4.42 Å². The molecule has 26 heavy (non-hydrogen) atoms. The number of hydrogen-bond acceptors (Lipinski definition) is 4. The smallest absolute Gasteiger partial charge is 0.287 e. The molecule has 1 saturated heterocycles. The predicted octanol–water partition coefficient (Wildman–Crippen LogP) is 0.884. The number of carbonyl (C=O) groups excluding carboxylic acids is 2. The van der Waals surface area contributed by atoms with Crippen molar-refractivity contribution < 1.29 is 14.0 Å². The normalized spacial score (nSPS) is 17.3. The van der Waals surface area contributed by atoms with Gasteiger partial charge in [0.2, 0.25) is 5.91 Å². The van der Waals surface area contributed by atoms with Gasteiger partial charge in [0.05, 0.1) is 6.26 Å². The lowest BCUT2D eigenvalue weighted by atomic mass is 10.2. The molecule has 0 aromatic carbocycles. The number of aryl methyl sites for hydroxylation is 1. The van der Waals surface area contributed by atoms with Gasteiger partial charge in [0.25, 0.3) is 5.91 Å². The highest BCUT2D eigenvalue weighted by Gasteiger charge is 2.25. The van der Waals surface area contributed by atoms with E-state index in [1.54, 1.807) is 13.1 Å². The lowest BCUT2D eigenvalue weighted by Crippen LogP contribution is -2.45. The van der Waals surface area contributed by atoms with Gasteiger partial charge in [0.1, 0.15) is 0 Å². The highest BCUT2D eigenvalue weighted by molar-refractivity contribution is 5.92. The third-order valence-corrected chi connectivity index (χ3v) is 4.41. The molecule has 1 aromatic rings. The summed E-state index contributed by atoms with van der Waals surface area (Å²) in [7, 11) is 1.72. The van der Waals surface area contributed by atoms with Gasteiger partial charge in [-0.2, -0.15) is 0 Å². The van der Waals surface area contributed by atoms with E-state index in [1.165, 1.54) is 6.26 Å². The van der Waals surface area contributed by atoms with Crippen molar-refractivity contribution in [3.8, 4) is 0 Å². The van der Waals surface area contributed by atoms with Gasteiger partial charge in [0.15, 0.2) is 11.7 Å². The van der Waals surface area contributed by atoms with Gasteiger partial charge in [-0.1, -0.05) is 6.92 Å². The number of carbonyl (C=O) groups is 2. The van der Waals surface area contributed by atoms with E-state index in [1.807, 2.05) is 18.7 Å². The third kappa shape index (κ3) is 5.50. The average molecular weight is 363 g/mol. The van der Waals surface area contributed by atoms with Gasteiger partial charge in [-0.15, -0.1) is 0 Å². The summed E-state index contributed by atoms with van der Waals surface area (Å²) in [4.78, 5) is 29.8. The van der Waals surface area contributed by atoms with E-state index in [2.05, 4.69) is 20.9 Å². The SMILES string of the molecule is CCC(=O)N1CCC(NC(=NC)NCCCNC(=O)c2occc2C)C1. The number of nitrogens with zero attached hydrogens (tertiary/aromatic N) is 2. The van der Waals surface area contributed by atoms with Crippen LogP contribution in [0.5, 0.6) is 0 Å². The topological polar surface area (TPSA) is 99.0 Å². The fraction of sp³-hybridized carbons (Fsp3) is 0.611. The second-order valence-corrected chi connectivity index (χ2v) is 6.36. The highest BCUT2D eigenvalue weighted by atomic mass is 16.3. The van der Waals surface area contributed by atoms with Crippen LogP contribution in [-0.4, -0.2) is 61.9 Å². The molecule has 0 saturated carbocycles. The minimum atomic E-state index is -0.193. The number of guanidine groups is 1. The summed E-state index contributed by atoms with van der Waals surface area (Å²) in [6.07, 6.45) is 3.74. The van der Waals surface area contributed by atoms with E-state index in [9.17, 15) is 9.59 Å². The van der Waals surface area contributed by atoms with Crippen molar-refractivity contribution in [1.29, 1.82) is 0 Å². The molecule has 1 fully saturated rings. The Hall–Kier alpha value is -2.51. The van der Waals surface area contributed by atoms with Crippen molar-refractivity contribution in [3.63, 3.8) is 0 Å². The molecule has 8 heteroatoms. The molecule has 2 heterocycles. The number of hydrogen-bond donors (Lipinski definition) is 3. The Bertz CT molecular complexity index is 641. The van der Waals surface area contributed by atoms with Crippen LogP contribution in [-0.2, 0) is 4.79 Å². The van der Waals surface area contributed by atoms with E-state index in [0.717, 1.165) is 24.9 Å². The fourth-order valence-corrected chi connectivity index (χ4v) is 2.90. The summed E-state index contributed by atoms with van der Waals surface area (Å²) in [6, 6.07) is 1.99. The van der Waals surface area contributed by atoms with Crippen LogP contribution in [0.2, 0.25) is 0 Å². The van der Waals surface area contributed by atoms with Crippen LogP contribution in [0.3, 0.4) is 0 Å². The molecule has 2 amide bonds. The second-order valence-electron chi connectivity index (χ2n) is 6.36. The monoisotopic (exact) mass is 363 g/mol. The molecule has 1 unspecified atom stereocenters. The maximum Gasteiger partial charge on any atom is 0.287 e. The molecular formula is C18H29N5O3. The van der Waals surface area contributed by atoms with E-state index < -0.39 is 0 Å². The van der Waals surface area contributed by atoms with Crippen molar-refractivity contribution in [1.82, 2.24) is 20.9 Å². The fourth-order valence-electron chi connectivity index (χ4n) is 2.90. The minimum absolute atomic E-state index is 0.193. The van der Waals surface area contributed by atoms with Gasteiger partial charge in [-0.25, -0.2) is 0 Å². The molecule has 0 aliphatic carbocycles. The molecule has 0 bridgehead atoms. The summed E-state index contributed by atoms with van der Waals surface area (Å²) in [5, 5.41) is 9.42. The van der Waals surface area contributed by atoms with Crippen molar-refractivity contribution >= 4 is 17.8 Å². The van der Waals surface area contributed by atoms with Gasteiger partial charge >= 0.3 is 0 Å². The molecule has 0 spiro atoms. The summed E-state index contributed by atoms with van der Waals surface area (Å²) in [6.45, 7) is 6.46. The maximum atomic E-state index is 11.9. The molecule has 0 radical (unpaired) electrons. The number of rotatable bonds is 7. The first kappa shape index (κ1) is 19.8. The Morgan fingerprint density at radius 1 is 1.35 bits per heavy atom. The molecule has 1 aromatic heterocycles. The van der Waals surface area contributed by atoms with Crippen LogP contribution in [0.25, 0.3) is 0 Å². The Kier molecular flexibility index (Phi) is 7.50. The summed E-state index contributed by atoms with van der Waals surface area (Å²) in [5.41, 5.74) is 0.831. The third-order valence-electron chi connectivity index (χ3n) is 4.41. The zero-order chi connectivity index (χ0) is 18.9. The maximum absolute atomic E-state index is 11.9. The van der Waals surface area contributed by atoms with Gasteiger partial charge in [-0.3, -0.25) is 14.6 Å². The minimum Gasteiger partial charge on any atom is -0.459 e. The second kappa shape index (κ2) is 9.84. The van der Waals surface area contributed by atoms with Crippen molar-refractivity contribution in [2.24, 2.45) is 4.99 Å². The molecule has 2 rings (SSSR count). The summed E-state index contributed by atoms with van der Waals surface area (Å²) >= 11 is 0. The van der Waals surface area contributed by atoms with E-state index in [0.29, 0.717) is 37.8 Å². The van der Waals surface area contributed by atoms with Gasteiger partial charge < -0.3 is 25.3 Å². The summed E-state index contributed by atoms with van der Waals surface area (Å²) in [5.74, 6) is 1.08. The van der Waals surface area contributed by atoms with Crippen molar-refractivity contribution in [2.75, 3.05) is 33.2 Å². The molecule has 1 aliphatic rings. The van der Waals surface area contributed by atoms with Crippen LogP contribution >= 0.6 is 0 Å². The first-order chi connectivity index (χ1) is 12.5. The van der Waals surface area contributed by atoms with Crippen molar-refractivity contribution in [3.05, 3.63) is 23.7 Å². The lowest BCUT2D eigenvalue weighted by Gasteiger charge is -2.18. The number of aliphatic imine (C=N–C) groups is 1. The summed E-state index contributed by atoms with van der Waals surface area (Å²) < 4.78 is 5.16. The Morgan fingerprint density at radius 2 is 2.12 bits per heavy atom. The largest absolute Gasteiger partial charge is 0.459 e. The predicted molar refractivity (Wildman–Crippen MR) is 100 cm³/mol. The number of nitrogens with one attached hydrogen (secondary N) is 3. The Labute approximate surface area is 154 Å². The van der Waals surface area contributed by atoms with Crippen LogP contribution in [0, 0.1) is 6.92 Å². The first-order valence-corrected chi connectivity index (χ1v) is 9.12. The van der Waals surface area contributed by atoms with E-state index in [-0.39, 0.29) is 17.9 Å². The molecule has 1 atom stereocenters. The average Bonchev–Trinajstić information content (AvgIpc) is 3.28. The van der Waals surface area contributed by atoms with E-state index >= 15 is 0 Å². The molecular weight excluding hydrogens is 334 g/mol. The Morgan fingerprint density at radius 3 is 2.77 bits per heavy atom. The van der Waals surface area contributed by atoms with Gasteiger partial charge in [-0.05, 0) is 25.8 Å². The number of amides is 2. The lowest BCUT2D eigenvalue weighted by molar-refractivity contribution is -0.129. The molecule has 8 nitrogen and oxygen atoms in total. The Balaban J connectivity index is 1.63. The van der Waals surface area contributed by atoms with Gasteiger partial charge in [0, 0.05) is 51.3 Å². The van der Waals surface area contributed by atoms with Crippen LogP contribution < -0.4 is 16.0 Å². The zero-order valence-corrected chi connectivity index (χ0v) is 15.8. The molecule has 3 N–H and O–H groups in total. The first-order valence-electron chi connectivity index (χ1n) is 9.12. The highest BCUT2D eigenvalue weighted by Crippen LogP contribution is 2.10. The van der Waals surface area contributed by atoms with Crippen molar-refractivity contribution in [2.45, 2.75) is 39.2 Å². The zero-order valence-electron chi connectivity index (χ0n) is 15.8. The van der Waals surface area contributed by atoms with Crippen LogP contribution in [0.15, 0.2) is 21.7 Å². The van der Waals surface area contributed by atoms with Crippen LogP contribution in [0.4, 0.5) is 0 Å².